The second-order valence-corrected chi connectivity index (χ2v) is 21.1. The number of para-hydroxylation sites is 3. The molecule has 23 heteroatoms. The van der Waals surface area contributed by atoms with Crippen LogP contribution in [0.5, 0.6) is 17.2 Å². The quantitative estimate of drug-likeness (QED) is 0.0269. The summed E-state index contributed by atoms with van der Waals surface area (Å²) in [6, 6.07) is 58.9. The van der Waals surface area contributed by atoms with Crippen molar-refractivity contribution in [3.05, 3.63) is 303 Å². The van der Waals surface area contributed by atoms with Crippen molar-refractivity contribution in [1.82, 2.24) is 39.9 Å². The Morgan fingerprint density at radius 3 is 1.09 bits per heavy atom. The second kappa shape index (κ2) is 32.7. The number of benzene rings is 8. The van der Waals surface area contributed by atoms with Gasteiger partial charge in [-0.3, -0.25) is 24.2 Å². The number of carboxylic acids is 1. The topological polar surface area (TPSA) is 330 Å². The highest BCUT2D eigenvalue weighted by Crippen LogP contribution is 2.31. The monoisotopic (exact) mass is 1290 g/mol. The van der Waals surface area contributed by atoms with Crippen LogP contribution in [0.25, 0.3) is 33.8 Å². The van der Waals surface area contributed by atoms with E-state index in [4.69, 9.17) is 19.3 Å². The first-order chi connectivity index (χ1) is 46.8. The van der Waals surface area contributed by atoms with Gasteiger partial charge in [-0.15, -0.1) is 0 Å². The number of amides is 3. The Hall–Kier alpha value is -13.2. The molecule has 9 N–H and O–H groups in total. The van der Waals surface area contributed by atoms with Gasteiger partial charge < -0.3 is 59.9 Å². The molecule has 0 unspecified atom stereocenters. The standard InChI is InChI=1S/C26H23N3O4.C25H21N3O4.C22H19N5O4/c1-32-26(31)20-10-8-19(9-11-20)25(30)29-21-12-6-18(7-13-21)14-15-33-24-5-3-2-4-22(24)23-16-27-17-28-23;29-24(18-7-9-19(10-8-18)25(30)31)28-20-11-5-17(6-12-20)13-14-32-23-4-2-1-3-21(23)22-15-26-16-27-22;28-20-11-17(26-22(30)27-20)21(29)25-15-7-5-14(6-8-15)9-10-31-19-4-2-1-3-16(19)18-12-23-13-24-18/h2-13,16-17H,14-15H2,1H3,(H,27,28)(H,29,30);1-12,15-16H,13-14H2,(H,26,27)(H,28,29)(H,30,31);1-8,11-13H,9-10H2,(H,23,24)(H,25,29)(H2,26,27,28,30). The van der Waals surface area contributed by atoms with Crippen molar-refractivity contribution < 1.29 is 48.0 Å². The number of methoxy groups -OCH3 is 1. The number of aromatic carboxylic acids is 1. The van der Waals surface area contributed by atoms with Crippen LogP contribution in [0.15, 0.2) is 247 Å². The number of nitrogens with one attached hydrogen (secondary N) is 8. The molecule has 0 fully saturated rings. The zero-order chi connectivity index (χ0) is 67.0. The molecule has 0 bridgehead atoms. The number of ether oxygens (including phenoxy) is 4. The molecule has 4 aromatic heterocycles. The van der Waals surface area contributed by atoms with Gasteiger partial charge in [0.1, 0.15) is 22.9 Å². The van der Waals surface area contributed by atoms with Gasteiger partial charge >= 0.3 is 17.6 Å². The number of hydrogen-bond acceptors (Lipinski definition) is 14. The van der Waals surface area contributed by atoms with E-state index in [-0.39, 0.29) is 23.1 Å². The van der Waals surface area contributed by atoms with Crippen molar-refractivity contribution in [1.29, 1.82) is 0 Å². The van der Waals surface area contributed by atoms with Gasteiger partial charge in [0.15, 0.2) is 0 Å². The van der Waals surface area contributed by atoms with Crippen molar-refractivity contribution in [3.63, 3.8) is 0 Å². The van der Waals surface area contributed by atoms with E-state index in [9.17, 15) is 33.6 Å². The van der Waals surface area contributed by atoms with Crippen molar-refractivity contribution in [3.8, 4) is 51.0 Å². The SMILES string of the molecule is COC(=O)c1ccc(C(=O)Nc2ccc(CCOc3ccccc3-c3cnc[nH]3)cc2)cc1.O=C(Nc1ccc(CCOc2ccccc2-c2cnc[nH]2)cc1)c1cc(=O)[nH]c(=O)[nH]1.O=C(O)c1ccc(C(=O)Nc2ccc(CCOc3ccccc3-c3cnc[nH]3)cc2)cc1. The first-order valence-corrected chi connectivity index (χ1v) is 30.0. The van der Waals surface area contributed by atoms with E-state index < -0.39 is 29.1 Å². The van der Waals surface area contributed by atoms with E-state index in [0.717, 1.165) is 80.2 Å². The smallest absolute Gasteiger partial charge is 0.337 e. The number of anilines is 3. The third-order valence-electron chi connectivity index (χ3n) is 14.6. The summed E-state index contributed by atoms with van der Waals surface area (Å²) in [6.07, 6.45) is 12.3. The molecule has 0 spiro atoms. The number of hydrogen-bond donors (Lipinski definition) is 9. The molecule has 12 aromatic rings. The molecule has 0 radical (unpaired) electrons. The molecule has 0 saturated carbocycles. The van der Waals surface area contributed by atoms with Gasteiger partial charge in [0.25, 0.3) is 23.3 Å². The Balaban J connectivity index is 0.000000157. The minimum Gasteiger partial charge on any atom is -0.493 e. The Morgan fingerprint density at radius 2 is 0.760 bits per heavy atom. The van der Waals surface area contributed by atoms with Crippen LogP contribution in [0.2, 0.25) is 0 Å². The molecule has 0 atom stereocenters. The molecule has 0 aliphatic carbocycles. The highest BCUT2D eigenvalue weighted by molar-refractivity contribution is 6.06. The average Bonchev–Trinajstić information content (AvgIpc) is 3.54. The van der Waals surface area contributed by atoms with E-state index in [0.29, 0.717) is 66.4 Å². The maximum atomic E-state index is 12.5. The number of carboxylic acid groups (broad SMARTS) is 1. The third kappa shape index (κ3) is 18.5. The maximum absolute atomic E-state index is 12.5. The van der Waals surface area contributed by atoms with Crippen LogP contribution in [0.3, 0.4) is 0 Å². The van der Waals surface area contributed by atoms with Crippen LogP contribution in [-0.2, 0) is 24.0 Å². The average molecular weight is 1290 g/mol. The number of aromatic amines is 5. The Bertz CT molecular complexity index is 4630. The lowest BCUT2D eigenvalue weighted by Crippen LogP contribution is -2.27. The lowest BCUT2D eigenvalue weighted by Gasteiger charge is -2.11. The number of imidazole rings is 3. The van der Waals surface area contributed by atoms with Crippen molar-refractivity contribution in [2.75, 3.05) is 42.9 Å². The molecule has 0 aliphatic rings. The summed E-state index contributed by atoms with van der Waals surface area (Å²) in [5.41, 5.74) is 10.5. The lowest BCUT2D eigenvalue weighted by atomic mass is 10.1. The number of carbonyl (C=O) groups excluding carboxylic acids is 4. The van der Waals surface area contributed by atoms with Gasteiger partial charge in [-0.2, -0.15) is 0 Å². The van der Waals surface area contributed by atoms with Gasteiger partial charge in [-0.25, -0.2) is 29.3 Å². The number of H-pyrrole nitrogens is 5. The van der Waals surface area contributed by atoms with Crippen molar-refractivity contribution >= 4 is 46.7 Å². The maximum Gasteiger partial charge on any atom is 0.337 e. The molecule has 12 rings (SSSR count). The zero-order valence-corrected chi connectivity index (χ0v) is 51.5. The Kier molecular flexibility index (Phi) is 22.4. The molecule has 0 saturated heterocycles. The van der Waals surface area contributed by atoms with Gasteiger partial charge in [0.2, 0.25) is 0 Å². The van der Waals surface area contributed by atoms with Crippen molar-refractivity contribution in [2.24, 2.45) is 0 Å². The molecule has 23 nitrogen and oxygen atoms in total. The fraction of sp³-hybridized carbons (Fsp3) is 0.0959. The molecule has 3 amide bonds. The van der Waals surface area contributed by atoms with Gasteiger partial charge in [-0.05, 0) is 138 Å². The summed E-state index contributed by atoms with van der Waals surface area (Å²) in [4.78, 5) is 108. The summed E-state index contributed by atoms with van der Waals surface area (Å²) in [5, 5.41) is 17.3. The number of carbonyl (C=O) groups is 5. The number of nitrogens with zero attached hydrogens (tertiary/aromatic N) is 3. The summed E-state index contributed by atoms with van der Waals surface area (Å²) in [6.45, 7) is 1.50. The van der Waals surface area contributed by atoms with E-state index in [1.54, 1.807) is 74.0 Å². The number of aromatic nitrogens is 8. The van der Waals surface area contributed by atoms with E-state index >= 15 is 0 Å². The molecule has 0 aliphatic heterocycles. The highest BCUT2D eigenvalue weighted by atomic mass is 16.5. The largest absolute Gasteiger partial charge is 0.493 e. The highest BCUT2D eigenvalue weighted by Gasteiger charge is 2.15. The first-order valence-electron chi connectivity index (χ1n) is 30.0. The van der Waals surface area contributed by atoms with Crippen LogP contribution in [-0.4, -0.2) is 102 Å². The third-order valence-corrected chi connectivity index (χ3v) is 14.6. The first kappa shape index (κ1) is 65.8. The van der Waals surface area contributed by atoms with E-state index in [1.165, 1.54) is 31.4 Å². The fourth-order valence-electron chi connectivity index (χ4n) is 9.59. The fourth-order valence-corrected chi connectivity index (χ4v) is 9.59. The van der Waals surface area contributed by atoms with Crippen LogP contribution in [0.4, 0.5) is 17.1 Å². The zero-order valence-electron chi connectivity index (χ0n) is 51.5. The lowest BCUT2D eigenvalue weighted by molar-refractivity contribution is 0.0599. The molecule has 8 aromatic carbocycles. The van der Waals surface area contributed by atoms with Crippen molar-refractivity contribution in [2.45, 2.75) is 19.3 Å². The summed E-state index contributed by atoms with van der Waals surface area (Å²) in [7, 11) is 1.32. The van der Waals surface area contributed by atoms with Crippen LogP contribution >= 0.6 is 0 Å². The number of esters is 1. The molecule has 482 valence electrons. The minimum atomic E-state index is -1.03. The van der Waals surface area contributed by atoms with E-state index in [1.807, 2.05) is 138 Å². The predicted molar refractivity (Wildman–Crippen MR) is 362 cm³/mol. The molecular weight excluding hydrogens is 1220 g/mol. The normalized spacial score (nSPS) is 10.5. The summed E-state index contributed by atoms with van der Waals surface area (Å²) < 4.78 is 22.6. The summed E-state index contributed by atoms with van der Waals surface area (Å²) >= 11 is 0. The molecule has 4 heterocycles. The second-order valence-electron chi connectivity index (χ2n) is 21.1. The van der Waals surface area contributed by atoms with Gasteiger partial charge in [0, 0.05) is 70.2 Å². The van der Waals surface area contributed by atoms with Gasteiger partial charge in [-0.1, -0.05) is 72.8 Å². The van der Waals surface area contributed by atoms with Crippen LogP contribution in [0, 0.1) is 0 Å². The Morgan fingerprint density at radius 1 is 0.417 bits per heavy atom. The molecular formula is C73H63N11O12. The van der Waals surface area contributed by atoms with Crippen LogP contribution < -0.4 is 41.4 Å². The molecule has 96 heavy (non-hydrogen) atoms. The van der Waals surface area contributed by atoms with E-state index in [2.05, 4.69) is 55.6 Å². The predicted octanol–water partition coefficient (Wildman–Crippen LogP) is 11.7. The number of rotatable bonds is 23. The summed E-state index contributed by atoms with van der Waals surface area (Å²) in [5.74, 6) is -0.241. The minimum absolute atomic E-state index is 0.109. The van der Waals surface area contributed by atoms with Gasteiger partial charge in [0.05, 0.1) is 92.7 Å². The Labute approximate surface area is 548 Å². The van der Waals surface area contributed by atoms with Crippen LogP contribution in [0.1, 0.15) is 68.6 Å².